The highest BCUT2D eigenvalue weighted by atomic mass is 19.3. The predicted molar refractivity (Wildman–Crippen MR) is 41.2 cm³/mol. The molecule has 1 heterocycles. The van der Waals surface area contributed by atoms with E-state index in [9.17, 15) is 13.6 Å². The lowest BCUT2D eigenvalue weighted by Crippen LogP contribution is -2.43. The Kier molecular flexibility index (Phi) is 1.98. The van der Waals surface area contributed by atoms with Gasteiger partial charge in [0.05, 0.1) is 18.0 Å². The SMILES string of the molecule is CC(=O)[C@H]1NCC(F)(F)C1(C)C. The molecule has 1 atom stereocenters. The van der Waals surface area contributed by atoms with Crippen LogP contribution in [0.1, 0.15) is 20.8 Å². The molecule has 0 radical (unpaired) electrons. The van der Waals surface area contributed by atoms with Gasteiger partial charge in [-0.1, -0.05) is 13.8 Å². The van der Waals surface area contributed by atoms with Gasteiger partial charge < -0.3 is 5.32 Å². The molecule has 1 aliphatic heterocycles. The van der Waals surface area contributed by atoms with E-state index in [1.54, 1.807) is 0 Å². The molecule has 0 aromatic rings. The monoisotopic (exact) mass is 177 g/mol. The maximum Gasteiger partial charge on any atom is 0.267 e. The first-order valence-electron chi connectivity index (χ1n) is 3.91. The molecule has 0 aromatic carbocycles. The molecular formula is C8H13F2NO. The first kappa shape index (κ1) is 9.58. The third-order valence-electron chi connectivity index (χ3n) is 2.60. The van der Waals surface area contributed by atoms with Gasteiger partial charge in [-0.15, -0.1) is 0 Å². The number of Topliss-reactive ketones (excluding diaryl/α,β-unsaturated/α-hetero) is 1. The summed E-state index contributed by atoms with van der Waals surface area (Å²) in [7, 11) is 0. The molecule has 0 aromatic heterocycles. The number of carbonyl (C=O) groups excluding carboxylic acids is 1. The van der Waals surface area contributed by atoms with Crippen LogP contribution in [-0.4, -0.2) is 24.3 Å². The van der Waals surface area contributed by atoms with Crippen molar-refractivity contribution in [2.75, 3.05) is 6.54 Å². The number of nitrogens with one attached hydrogen (secondary N) is 1. The van der Waals surface area contributed by atoms with Crippen LogP contribution >= 0.6 is 0 Å². The fourth-order valence-electron chi connectivity index (χ4n) is 1.58. The molecule has 0 aliphatic carbocycles. The molecule has 0 unspecified atom stereocenters. The number of carbonyl (C=O) groups is 1. The van der Waals surface area contributed by atoms with Crippen LogP contribution in [0.5, 0.6) is 0 Å². The Bertz CT molecular complexity index is 213. The van der Waals surface area contributed by atoms with Crippen LogP contribution in [0.2, 0.25) is 0 Å². The Hall–Kier alpha value is -0.510. The molecule has 1 N–H and O–H groups in total. The minimum Gasteiger partial charge on any atom is -0.301 e. The molecule has 12 heavy (non-hydrogen) atoms. The van der Waals surface area contributed by atoms with Crippen LogP contribution < -0.4 is 5.32 Å². The van der Waals surface area contributed by atoms with Crippen molar-refractivity contribution in [3.05, 3.63) is 0 Å². The van der Waals surface area contributed by atoms with Gasteiger partial charge in [0.1, 0.15) is 5.78 Å². The van der Waals surface area contributed by atoms with E-state index in [4.69, 9.17) is 0 Å². The molecule has 0 saturated carbocycles. The van der Waals surface area contributed by atoms with Crippen LogP contribution in [0.25, 0.3) is 0 Å². The maximum atomic E-state index is 13.1. The first-order chi connectivity index (χ1) is 5.29. The Morgan fingerprint density at radius 3 is 2.17 bits per heavy atom. The molecule has 1 rings (SSSR count). The Morgan fingerprint density at radius 1 is 1.50 bits per heavy atom. The Labute approximate surface area is 70.3 Å². The van der Waals surface area contributed by atoms with E-state index in [-0.39, 0.29) is 5.78 Å². The molecule has 1 aliphatic rings. The minimum atomic E-state index is -2.79. The lowest BCUT2D eigenvalue weighted by Gasteiger charge is -2.29. The first-order valence-corrected chi connectivity index (χ1v) is 3.91. The average Bonchev–Trinajstić information content (AvgIpc) is 2.03. The van der Waals surface area contributed by atoms with E-state index in [0.29, 0.717) is 0 Å². The van der Waals surface area contributed by atoms with Gasteiger partial charge in [0.25, 0.3) is 5.92 Å². The Morgan fingerprint density at radius 2 is 2.00 bits per heavy atom. The van der Waals surface area contributed by atoms with Crippen molar-refractivity contribution >= 4 is 5.78 Å². The standard InChI is InChI=1S/C8H13F2NO/c1-5(12)6-7(2,3)8(9,10)4-11-6/h6,11H,4H2,1-3H3/t6-/m1/s1. The summed E-state index contributed by atoms with van der Waals surface area (Å²) in [5.41, 5.74) is -1.27. The summed E-state index contributed by atoms with van der Waals surface area (Å²) in [5.74, 6) is -3.01. The molecule has 1 fully saturated rings. The second-order valence-corrected chi connectivity index (χ2v) is 3.85. The van der Waals surface area contributed by atoms with Gasteiger partial charge >= 0.3 is 0 Å². The summed E-state index contributed by atoms with van der Waals surface area (Å²) in [6, 6.07) is -0.715. The van der Waals surface area contributed by atoms with Crippen LogP contribution in [0.3, 0.4) is 0 Å². The average molecular weight is 177 g/mol. The summed E-state index contributed by atoms with van der Waals surface area (Å²) in [5, 5.41) is 2.54. The van der Waals surface area contributed by atoms with Crippen LogP contribution in [0, 0.1) is 5.41 Å². The molecule has 1 saturated heterocycles. The quantitative estimate of drug-likeness (QED) is 0.652. The largest absolute Gasteiger partial charge is 0.301 e. The second-order valence-electron chi connectivity index (χ2n) is 3.85. The topological polar surface area (TPSA) is 29.1 Å². The highest BCUT2D eigenvalue weighted by Crippen LogP contribution is 2.43. The molecular weight excluding hydrogens is 164 g/mol. The number of rotatable bonds is 1. The number of hydrogen-bond donors (Lipinski definition) is 1. The smallest absolute Gasteiger partial charge is 0.267 e. The second kappa shape index (κ2) is 2.49. The molecule has 4 heteroatoms. The van der Waals surface area contributed by atoms with Crippen LogP contribution in [0.15, 0.2) is 0 Å². The summed E-state index contributed by atoms with van der Waals surface area (Å²) >= 11 is 0. The molecule has 2 nitrogen and oxygen atoms in total. The summed E-state index contributed by atoms with van der Waals surface area (Å²) in [6.07, 6.45) is 0. The summed E-state index contributed by atoms with van der Waals surface area (Å²) in [6.45, 7) is 3.77. The normalized spacial score (nSPS) is 31.9. The highest BCUT2D eigenvalue weighted by molar-refractivity contribution is 5.83. The van der Waals surface area contributed by atoms with E-state index in [1.165, 1.54) is 20.8 Å². The third-order valence-corrected chi connectivity index (χ3v) is 2.60. The fraction of sp³-hybridized carbons (Fsp3) is 0.875. The van der Waals surface area contributed by atoms with Crippen molar-refractivity contribution in [2.45, 2.75) is 32.7 Å². The van der Waals surface area contributed by atoms with E-state index in [2.05, 4.69) is 5.32 Å². The van der Waals surface area contributed by atoms with Crippen LogP contribution in [-0.2, 0) is 4.79 Å². The zero-order valence-corrected chi connectivity index (χ0v) is 7.45. The molecule has 0 bridgehead atoms. The lowest BCUT2D eigenvalue weighted by atomic mass is 9.80. The van der Waals surface area contributed by atoms with Gasteiger partial charge in [-0.2, -0.15) is 0 Å². The van der Waals surface area contributed by atoms with Crippen molar-refractivity contribution in [3.8, 4) is 0 Å². The van der Waals surface area contributed by atoms with E-state index >= 15 is 0 Å². The molecule has 70 valence electrons. The number of alkyl halides is 2. The molecule has 0 spiro atoms. The highest BCUT2D eigenvalue weighted by Gasteiger charge is 2.57. The zero-order valence-electron chi connectivity index (χ0n) is 7.45. The van der Waals surface area contributed by atoms with Crippen molar-refractivity contribution in [2.24, 2.45) is 5.41 Å². The zero-order chi connectivity index (χ0) is 9.57. The number of halogens is 2. The number of ketones is 1. The van der Waals surface area contributed by atoms with E-state index < -0.39 is 23.9 Å². The Balaban J connectivity index is 2.93. The van der Waals surface area contributed by atoms with Gasteiger partial charge in [-0.25, -0.2) is 8.78 Å². The summed E-state index contributed by atoms with van der Waals surface area (Å²) < 4.78 is 26.2. The lowest BCUT2D eigenvalue weighted by molar-refractivity contribution is -0.126. The van der Waals surface area contributed by atoms with Crippen LogP contribution in [0.4, 0.5) is 8.78 Å². The number of hydrogen-bond acceptors (Lipinski definition) is 2. The summed E-state index contributed by atoms with van der Waals surface area (Å²) in [4.78, 5) is 11.0. The van der Waals surface area contributed by atoms with Crippen molar-refractivity contribution in [3.63, 3.8) is 0 Å². The van der Waals surface area contributed by atoms with Gasteiger partial charge in [-0.05, 0) is 6.92 Å². The van der Waals surface area contributed by atoms with Crippen molar-refractivity contribution < 1.29 is 13.6 Å². The predicted octanol–water partition coefficient (Wildman–Crippen LogP) is 1.21. The van der Waals surface area contributed by atoms with Gasteiger partial charge in [-0.3, -0.25) is 4.79 Å². The van der Waals surface area contributed by atoms with E-state index in [1.807, 2.05) is 0 Å². The van der Waals surface area contributed by atoms with Crippen molar-refractivity contribution in [1.82, 2.24) is 5.32 Å². The fourth-order valence-corrected chi connectivity index (χ4v) is 1.58. The molecule has 0 amide bonds. The minimum absolute atomic E-state index is 0.225. The van der Waals surface area contributed by atoms with Gasteiger partial charge in [0.15, 0.2) is 0 Å². The van der Waals surface area contributed by atoms with Gasteiger partial charge in [0, 0.05) is 0 Å². The maximum absolute atomic E-state index is 13.1. The van der Waals surface area contributed by atoms with E-state index in [0.717, 1.165) is 0 Å². The van der Waals surface area contributed by atoms with Crippen molar-refractivity contribution in [1.29, 1.82) is 0 Å². The van der Waals surface area contributed by atoms with Gasteiger partial charge in [0.2, 0.25) is 0 Å². The third kappa shape index (κ3) is 1.14.